The summed E-state index contributed by atoms with van der Waals surface area (Å²) in [6, 6.07) is 0. The second kappa shape index (κ2) is 9.09. The molecule has 0 aromatic rings. The molecule has 0 heterocycles. The van der Waals surface area contributed by atoms with Gasteiger partial charge < -0.3 is 0 Å². The van der Waals surface area contributed by atoms with Gasteiger partial charge in [-0.1, -0.05) is 72.1 Å². The molecule has 0 aliphatic heterocycles. The van der Waals surface area contributed by atoms with Gasteiger partial charge in [0.05, 0.1) is 0 Å². The lowest BCUT2D eigenvalue weighted by molar-refractivity contribution is 0.400. The lowest BCUT2D eigenvalue weighted by Gasteiger charge is -2.14. The molecule has 0 rings (SSSR count). The second-order valence-corrected chi connectivity index (χ2v) is 3.79. The van der Waals surface area contributed by atoms with E-state index in [0.717, 1.165) is 12.3 Å². The molecule has 73 valence electrons. The normalized spacial score (nSPS) is 11.0. The van der Waals surface area contributed by atoms with Gasteiger partial charge in [-0.05, 0) is 5.92 Å². The number of hydrogen-bond donors (Lipinski definition) is 0. The SMILES string of the molecule is [CH2]CCC(CCC)CCCCC. The summed E-state index contributed by atoms with van der Waals surface area (Å²) in [5.74, 6) is 0.971. The van der Waals surface area contributed by atoms with Gasteiger partial charge in [0.15, 0.2) is 0 Å². The lowest BCUT2D eigenvalue weighted by Crippen LogP contribution is -1.99. The molecule has 12 heavy (non-hydrogen) atoms. The zero-order chi connectivity index (χ0) is 9.23. The number of unbranched alkanes of at least 4 members (excludes halogenated alkanes) is 2. The van der Waals surface area contributed by atoms with Gasteiger partial charge in [-0.2, -0.15) is 0 Å². The third-order valence-corrected chi connectivity index (χ3v) is 2.53. The van der Waals surface area contributed by atoms with Crippen LogP contribution in [0.2, 0.25) is 0 Å². The minimum absolute atomic E-state index is 0.971. The Kier molecular flexibility index (Phi) is 9.09. The summed E-state index contributed by atoms with van der Waals surface area (Å²) in [6.07, 6.45) is 10.9. The molecule has 1 atom stereocenters. The molecule has 0 spiro atoms. The minimum atomic E-state index is 0.971. The van der Waals surface area contributed by atoms with Gasteiger partial charge >= 0.3 is 0 Å². The highest BCUT2D eigenvalue weighted by atomic mass is 14.1. The lowest BCUT2D eigenvalue weighted by atomic mass is 9.92. The summed E-state index contributed by atoms with van der Waals surface area (Å²) in [6.45, 7) is 8.50. The monoisotopic (exact) mass is 169 g/mol. The van der Waals surface area contributed by atoms with Crippen LogP contribution in [0.1, 0.15) is 65.2 Å². The first-order chi connectivity index (χ1) is 5.85. The van der Waals surface area contributed by atoms with Crippen molar-refractivity contribution in [1.29, 1.82) is 0 Å². The molecule has 0 aromatic heterocycles. The third-order valence-electron chi connectivity index (χ3n) is 2.53. The minimum Gasteiger partial charge on any atom is -0.0654 e. The molecular formula is C12H25. The fourth-order valence-corrected chi connectivity index (χ4v) is 1.81. The van der Waals surface area contributed by atoms with Crippen LogP contribution in [0.3, 0.4) is 0 Å². The van der Waals surface area contributed by atoms with E-state index in [4.69, 9.17) is 0 Å². The smallest absolute Gasteiger partial charge is 0.0414 e. The first-order valence-corrected chi connectivity index (χ1v) is 5.64. The fraction of sp³-hybridized carbons (Fsp3) is 0.917. The van der Waals surface area contributed by atoms with Crippen LogP contribution in [0.15, 0.2) is 0 Å². The van der Waals surface area contributed by atoms with Crippen LogP contribution in [0.5, 0.6) is 0 Å². The number of rotatable bonds is 8. The highest BCUT2D eigenvalue weighted by molar-refractivity contribution is 4.60. The molecule has 0 fully saturated rings. The predicted molar refractivity (Wildman–Crippen MR) is 57.1 cm³/mol. The molecule has 0 N–H and O–H groups in total. The maximum Gasteiger partial charge on any atom is -0.0414 e. The van der Waals surface area contributed by atoms with Gasteiger partial charge in [0.2, 0.25) is 0 Å². The average Bonchev–Trinajstić information content (AvgIpc) is 2.06. The molecule has 0 aromatic carbocycles. The molecule has 0 amide bonds. The largest absolute Gasteiger partial charge is 0.0654 e. The Bertz CT molecular complexity index is 70.1. The second-order valence-electron chi connectivity index (χ2n) is 3.79. The highest BCUT2D eigenvalue weighted by Crippen LogP contribution is 2.20. The van der Waals surface area contributed by atoms with E-state index in [1.54, 1.807) is 0 Å². The first kappa shape index (κ1) is 12.0. The van der Waals surface area contributed by atoms with Crippen LogP contribution in [-0.2, 0) is 0 Å². The maximum atomic E-state index is 3.94. The van der Waals surface area contributed by atoms with E-state index < -0.39 is 0 Å². The first-order valence-electron chi connectivity index (χ1n) is 5.64. The van der Waals surface area contributed by atoms with Crippen LogP contribution in [0.25, 0.3) is 0 Å². The van der Waals surface area contributed by atoms with Gasteiger partial charge in [0.25, 0.3) is 0 Å². The van der Waals surface area contributed by atoms with Crippen molar-refractivity contribution in [3.05, 3.63) is 6.92 Å². The Morgan fingerprint density at radius 3 is 2.17 bits per heavy atom. The Morgan fingerprint density at radius 2 is 1.67 bits per heavy atom. The predicted octanol–water partition coefficient (Wildman–Crippen LogP) is 4.60. The third kappa shape index (κ3) is 6.69. The Morgan fingerprint density at radius 1 is 0.917 bits per heavy atom. The van der Waals surface area contributed by atoms with Gasteiger partial charge in [0, 0.05) is 0 Å². The average molecular weight is 169 g/mol. The van der Waals surface area contributed by atoms with Crippen molar-refractivity contribution in [2.24, 2.45) is 5.92 Å². The van der Waals surface area contributed by atoms with E-state index in [1.807, 2.05) is 0 Å². The molecule has 0 aliphatic carbocycles. The molecule has 0 heteroatoms. The molecule has 1 radical (unpaired) electrons. The van der Waals surface area contributed by atoms with Crippen molar-refractivity contribution >= 4 is 0 Å². The molecule has 1 unspecified atom stereocenters. The van der Waals surface area contributed by atoms with Gasteiger partial charge in [-0.15, -0.1) is 0 Å². The van der Waals surface area contributed by atoms with Gasteiger partial charge in [-0.25, -0.2) is 0 Å². The van der Waals surface area contributed by atoms with Crippen molar-refractivity contribution in [2.45, 2.75) is 65.2 Å². The summed E-state index contributed by atoms with van der Waals surface area (Å²) in [4.78, 5) is 0. The van der Waals surface area contributed by atoms with Crippen molar-refractivity contribution in [2.75, 3.05) is 0 Å². The summed E-state index contributed by atoms with van der Waals surface area (Å²) in [7, 11) is 0. The molecule has 0 aliphatic rings. The Hall–Kier alpha value is 0. The summed E-state index contributed by atoms with van der Waals surface area (Å²) >= 11 is 0. The quantitative estimate of drug-likeness (QED) is 0.466. The molecular weight excluding hydrogens is 144 g/mol. The maximum absolute atomic E-state index is 3.94. The van der Waals surface area contributed by atoms with Crippen LogP contribution in [0, 0.1) is 12.8 Å². The molecule has 0 nitrogen and oxygen atoms in total. The number of hydrogen-bond acceptors (Lipinski definition) is 0. The van der Waals surface area contributed by atoms with E-state index in [1.165, 1.54) is 44.9 Å². The Balaban J connectivity index is 3.34. The fourth-order valence-electron chi connectivity index (χ4n) is 1.81. The highest BCUT2D eigenvalue weighted by Gasteiger charge is 2.05. The molecule has 0 bridgehead atoms. The van der Waals surface area contributed by atoms with E-state index >= 15 is 0 Å². The van der Waals surface area contributed by atoms with Crippen LogP contribution in [-0.4, -0.2) is 0 Å². The summed E-state index contributed by atoms with van der Waals surface area (Å²) in [5.41, 5.74) is 0. The van der Waals surface area contributed by atoms with Crippen molar-refractivity contribution in [3.63, 3.8) is 0 Å². The zero-order valence-electron chi connectivity index (χ0n) is 8.94. The van der Waals surface area contributed by atoms with Crippen molar-refractivity contribution in [1.82, 2.24) is 0 Å². The molecule has 0 saturated carbocycles. The van der Waals surface area contributed by atoms with Gasteiger partial charge in [-0.3, -0.25) is 0 Å². The zero-order valence-corrected chi connectivity index (χ0v) is 8.94. The van der Waals surface area contributed by atoms with E-state index in [-0.39, 0.29) is 0 Å². The van der Waals surface area contributed by atoms with E-state index in [9.17, 15) is 0 Å². The Labute approximate surface area is 78.8 Å². The standard InChI is InChI=1S/C12H25/c1-4-7-8-11-12(9-5-2)10-6-3/h12H,2,4-11H2,1,3H3. The van der Waals surface area contributed by atoms with Crippen LogP contribution >= 0.6 is 0 Å². The van der Waals surface area contributed by atoms with Crippen LogP contribution in [0.4, 0.5) is 0 Å². The van der Waals surface area contributed by atoms with E-state index in [2.05, 4.69) is 20.8 Å². The van der Waals surface area contributed by atoms with Crippen molar-refractivity contribution in [3.8, 4) is 0 Å². The molecule has 0 saturated heterocycles. The van der Waals surface area contributed by atoms with Crippen molar-refractivity contribution < 1.29 is 0 Å². The summed E-state index contributed by atoms with van der Waals surface area (Å²) < 4.78 is 0. The summed E-state index contributed by atoms with van der Waals surface area (Å²) in [5, 5.41) is 0. The van der Waals surface area contributed by atoms with Gasteiger partial charge in [0.1, 0.15) is 0 Å². The van der Waals surface area contributed by atoms with E-state index in [0.29, 0.717) is 0 Å². The topological polar surface area (TPSA) is 0 Å². The van der Waals surface area contributed by atoms with Crippen LogP contribution < -0.4 is 0 Å².